The highest BCUT2D eigenvalue weighted by Gasteiger charge is 2.26. The molecule has 1 saturated heterocycles. The van der Waals surface area contributed by atoms with Gasteiger partial charge < -0.3 is 4.98 Å². The Kier molecular flexibility index (Phi) is 2.88. The number of hydrogen-bond acceptors (Lipinski definition) is 3. The average molecular weight is 241 g/mol. The highest BCUT2D eigenvalue weighted by molar-refractivity contribution is 7.91. The number of H-pyrrole nitrogens is 1. The normalized spacial score (nSPS) is 20.8. The van der Waals surface area contributed by atoms with Gasteiger partial charge in [0.1, 0.15) is 9.84 Å². The number of aromatic nitrogens is 1. The molecule has 0 saturated carbocycles. The van der Waals surface area contributed by atoms with E-state index in [1.807, 2.05) is 13.0 Å². The Balaban J connectivity index is 2.22. The summed E-state index contributed by atoms with van der Waals surface area (Å²) in [5.74, 6) is 0.675. The predicted octanol–water partition coefficient (Wildman–Crippen LogP) is 1.43. The lowest BCUT2D eigenvalue weighted by molar-refractivity contribution is 0.111. The summed E-state index contributed by atoms with van der Waals surface area (Å²) in [5, 5.41) is 0. The number of aromatic amines is 1. The van der Waals surface area contributed by atoms with Gasteiger partial charge in [0.05, 0.1) is 17.2 Å². The largest absolute Gasteiger partial charge is 0.356 e. The Morgan fingerprint density at radius 3 is 2.56 bits per heavy atom. The molecule has 0 unspecified atom stereocenters. The molecule has 1 aromatic heterocycles. The second-order valence-corrected chi connectivity index (χ2v) is 6.67. The number of rotatable bonds is 2. The number of sulfone groups is 1. The fourth-order valence-electron chi connectivity index (χ4n) is 2.27. The minimum atomic E-state index is -2.83. The van der Waals surface area contributed by atoms with Crippen molar-refractivity contribution in [2.24, 2.45) is 0 Å². The number of hydrogen-bond donors (Lipinski definition) is 1. The monoisotopic (exact) mass is 241 g/mol. The highest BCUT2D eigenvalue weighted by atomic mass is 32.2. The van der Waals surface area contributed by atoms with E-state index in [1.165, 1.54) is 0 Å². The maximum Gasteiger partial charge on any atom is 0.166 e. The quantitative estimate of drug-likeness (QED) is 0.796. The molecule has 0 spiro atoms. The maximum atomic E-state index is 11.3. The number of aldehydes is 1. The van der Waals surface area contributed by atoms with Crippen molar-refractivity contribution in [1.82, 2.24) is 4.98 Å². The molecule has 0 radical (unpaired) electrons. The fraction of sp³-hybridized carbons (Fsp3) is 0.545. The zero-order valence-electron chi connectivity index (χ0n) is 9.19. The van der Waals surface area contributed by atoms with Crippen LogP contribution in [0, 0.1) is 6.92 Å². The summed E-state index contributed by atoms with van der Waals surface area (Å²) in [6.07, 6.45) is 2.06. The summed E-state index contributed by atoms with van der Waals surface area (Å²) in [6, 6.07) is 1.95. The van der Waals surface area contributed by atoms with E-state index in [9.17, 15) is 13.2 Å². The molecule has 2 rings (SSSR count). The smallest absolute Gasteiger partial charge is 0.166 e. The predicted molar refractivity (Wildman–Crippen MR) is 61.5 cm³/mol. The first-order valence-electron chi connectivity index (χ1n) is 5.37. The van der Waals surface area contributed by atoms with Gasteiger partial charge in [-0.3, -0.25) is 4.79 Å². The second kappa shape index (κ2) is 4.05. The Labute approximate surface area is 95.0 Å². The molecule has 0 atom stereocenters. The van der Waals surface area contributed by atoms with E-state index in [1.54, 1.807) is 0 Å². The minimum Gasteiger partial charge on any atom is -0.356 e. The Bertz CT molecular complexity index is 487. The summed E-state index contributed by atoms with van der Waals surface area (Å²) in [6.45, 7) is 1.90. The second-order valence-electron chi connectivity index (χ2n) is 4.37. The van der Waals surface area contributed by atoms with Crippen LogP contribution in [-0.2, 0) is 9.84 Å². The van der Waals surface area contributed by atoms with Crippen molar-refractivity contribution in [3.63, 3.8) is 0 Å². The van der Waals surface area contributed by atoms with Crippen molar-refractivity contribution < 1.29 is 13.2 Å². The van der Waals surface area contributed by atoms with E-state index >= 15 is 0 Å². The van der Waals surface area contributed by atoms with Crippen molar-refractivity contribution in [1.29, 1.82) is 0 Å². The first kappa shape index (κ1) is 11.4. The van der Waals surface area contributed by atoms with Crippen LogP contribution in [0.4, 0.5) is 0 Å². The van der Waals surface area contributed by atoms with Gasteiger partial charge in [-0.05, 0) is 37.3 Å². The molecule has 0 bridgehead atoms. The van der Waals surface area contributed by atoms with Crippen LogP contribution in [0.1, 0.15) is 40.5 Å². The summed E-state index contributed by atoms with van der Waals surface area (Å²) in [7, 11) is -2.83. The first-order valence-corrected chi connectivity index (χ1v) is 7.19. The molecule has 2 heterocycles. The van der Waals surface area contributed by atoms with Gasteiger partial charge in [-0.15, -0.1) is 0 Å². The first-order chi connectivity index (χ1) is 7.52. The van der Waals surface area contributed by atoms with E-state index in [0.717, 1.165) is 17.5 Å². The highest BCUT2D eigenvalue weighted by Crippen LogP contribution is 2.31. The van der Waals surface area contributed by atoms with Gasteiger partial charge in [0, 0.05) is 5.69 Å². The molecule has 0 aromatic carbocycles. The number of aryl methyl sites for hydroxylation is 1. The summed E-state index contributed by atoms with van der Waals surface area (Å²) in [4.78, 5) is 13.9. The van der Waals surface area contributed by atoms with Crippen LogP contribution in [0.15, 0.2) is 6.07 Å². The lowest BCUT2D eigenvalue weighted by Crippen LogP contribution is -2.22. The van der Waals surface area contributed by atoms with Crippen LogP contribution in [0.2, 0.25) is 0 Å². The summed E-state index contributed by atoms with van der Waals surface area (Å²) < 4.78 is 22.6. The Hall–Kier alpha value is -1.10. The standard InChI is InChI=1S/C11H15NO3S/c1-8-6-10(11(7-13)12-8)9-2-4-16(14,15)5-3-9/h6-7,9,12H,2-5H2,1H3. The molecule has 0 amide bonds. The minimum absolute atomic E-state index is 0.202. The van der Waals surface area contributed by atoms with Gasteiger partial charge in [-0.2, -0.15) is 0 Å². The van der Waals surface area contributed by atoms with Crippen LogP contribution in [0.25, 0.3) is 0 Å². The maximum absolute atomic E-state index is 11.3. The van der Waals surface area contributed by atoms with Crippen molar-refractivity contribution in [3.05, 3.63) is 23.0 Å². The van der Waals surface area contributed by atoms with E-state index in [2.05, 4.69) is 4.98 Å². The van der Waals surface area contributed by atoms with E-state index in [-0.39, 0.29) is 17.4 Å². The lowest BCUT2D eigenvalue weighted by atomic mass is 9.93. The van der Waals surface area contributed by atoms with E-state index in [4.69, 9.17) is 0 Å². The van der Waals surface area contributed by atoms with Crippen LogP contribution in [0.5, 0.6) is 0 Å². The van der Waals surface area contributed by atoms with Crippen molar-refractivity contribution in [2.75, 3.05) is 11.5 Å². The molecule has 5 heteroatoms. The molecular formula is C11H15NO3S. The topological polar surface area (TPSA) is 67.0 Å². The van der Waals surface area contributed by atoms with Crippen LogP contribution in [-0.4, -0.2) is 31.2 Å². The molecule has 16 heavy (non-hydrogen) atoms. The molecule has 1 aliphatic heterocycles. The molecule has 1 N–H and O–H groups in total. The molecule has 1 fully saturated rings. The third kappa shape index (κ3) is 2.19. The fourth-order valence-corrected chi connectivity index (χ4v) is 3.76. The van der Waals surface area contributed by atoms with Crippen LogP contribution >= 0.6 is 0 Å². The van der Waals surface area contributed by atoms with Gasteiger partial charge in [-0.25, -0.2) is 8.42 Å². The Morgan fingerprint density at radius 1 is 1.38 bits per heavy atom. The van der Waals surface area contributed by atoms with Crippen molar-refractivity contribution in [2.45, 2.75) is 25.7 Å². The number of nitrogens with one attached hydrogen (secondary N) is 1. The molecule has 1 aromatic rings. The van der Waals surface area contributed by atoms with Gasteiger partial charge in [-0.1, -0.05) is 0 Å². The molecular weight excluding hydrogens is 226 g/mol. The van der Waals surface area contributed by atoms with Crippen molar-refractivity contribution in [3.8, 4) is 0 Å². The van der Waals surface area contributed by atoms with E-state index in [0.29, 0.717) is 18.5 Å². The SMILES string of the molecule is Cc1cc(C2CCS(=O)(=O)CC2)c(C=O)[nH]1. The number of carbonyl (C=O) groups excluding carboxylic acids is 1. The van der Waals surface area contributed by atoms with Gasteiger partial charge >= 0.3 is 0 Å². The number of carbonyl (C=O) groups is 1. The third-order valence-corrected chi connectivity index (χ3v) is 4.84. The van der Waals surface area contributed by atoms with Gasteiger partial charge in [0.2, 0.25) is 0 Å². The molecule has 88 valence electrons. The van der Waals surface area contributed by atoms with E-state index < -0.39 is 9.84 Å². The average Bonchev–Trinajstić information content (AvgIpc) is 2.59. The Morgan fingerprint density at radius 2 is 2.00 bits per heavy atom. The molecule has 1 aliphatic rings. The van der Waals surface area contributed by atoms with Gasteiger partial charge in [0.25, 0.3) is 0 Å². The molecule has 4 nitrogen and oxygen atoms in total. The van der Waals surface area contributed by atoms with Crippen LogP contribution < -0.4 is 0 Å². The lowest BCUT2D eigenvalue weighted by Gasteiger charge is -2.21. The third-order valence-electron chi connectivity index (χ3n) is 3.13. The summed E-state index contributed by atoms with van der Waals surface area (Å²) in [5.41, 5.74) is 2.52. The molecule has 0 aliphatic carbocycles. The summed E-state index contributed by atoms with van der Waals surface area (Å²) >= 11 is 0. The van der Waals surface area contributed by atoms with Crippen LogP contribution in [0.3, 0.4) is 0 Å². The zero-order chi connectivity index (χ0) is 11.8. The van der Waals surface area contributed by atoms with Crippen molar-refractivity contribution >= 4 is 16.1 Å². The zero-order valence-corrected chi connectivity index (χ0v) is 10.0. The van der Waals surface area contributed by atoms with Gasteiger partial charge in [0.15, 0.2) is 6.29 Å².